The molecule has 1 heterocycles. The van der Waals surface area contributed by atoms with Gasteiger partial charge in [-0.1, -0.05) is 0 Å². The molecule has 0 aromatic carbocycles. The van der Waals surface area contributed by atoms with Crippen molar-refractivity contribution in [2.75, 3.05) is 26.3 Å². The zero-order chi connectivity index (χ0) is 10.7. The highest BCUT2D eigenvalue weighted by atomic mass is 16.5. The van der Waals surface area contributed by atoms with E-state index < -0.39 is 0 Å². The summed E-state index contributed by atoms with van der Waals surface area (Å²) in [6, 6.07) is 0.0462. The number of rotatable bonds is 6. The highest BCUT2D eigenvalue weighted by Crippen LogP contribution is 2.28. The molecule has 15 heavy (non-hydrogen) atoms. The average Bonchev–Trinajstić information content (AvgIpc) is 2.94. The van der Waals surface area contributed by atoms with Crippen LogP contribution in [0.3, 0.4) is 0 Å². The van der Waals surface area contributed by atoms with Gasteiger partial charge in [-0.2, -0.15) is 0 Å². The molecule has 1 saturated carbocycles. The Bertz CT molecular complexity index is 229. The Kier molecular flexibility index (Phi) is 3.59. The van der Waals surface area contributed by atoms with Crippen LogP contribution in [-0.2, 0) is 9.53 Å². The number of carbonyl (C=O) groups excluding carboxylic acids is 1. The third kappa shape index (κ3) is 3.47. The molecule has 1 aliphatic heterocycles. The van der Waals surface area contributed by atoms with Gasteiger partial charge in [-0.25, -0.2) is 0 Å². The predicted molar refractivity (Wildman–Crippen MR) is 57.3 cm³/mol. The molecule has 2 N–H and O–H groups in total. The molecular formula is C11H20N2O2. The third-order valence-electron chi connectivity index (χ3n) is 3.01. The normalized spacial score (nSPS) is 26.3. The molecule has 4 heteroatoms. The lowest BCUT2D eigenvalue weighted by Gasteiger charge is -2.15. The summed E-state index contributed by atoms with van der Waals surface area (Å²) in [7, 11) is 0. The van der Waals surface area contributed by atoms with Gasteiger partial charge in [0.05, 0.1) is 0 Å². The second kappa shape index (κ2) is 4.94. The second-order valence-corrected chi connectivity index (χ2v) is 4.68. The summed E-state index contributed by atoms with van der Waals surface area (Å²) in [4.78, 5) is 13.2. The molecule has 1 aliphatic carbocycles. The van der Waals surface area contributed by atoms with E-state index >= 15 is 0 Å². The minimum Gasteiger partial charge on any atom is -0.381 e. The van der Waals surface area contributed by atoms with E-state index in [1.54, 1.807) is 0 Å². The van der Waals surface area contributed by atoms with E-state index in [-0.39, 0.29) is 11.9 Å². The molecule has 4 nitrogen and oxygen atoms in total. The molecule has 2 rings (SSSR count). The Morgan fingerprint density at radius 3 is 2.87 bits per heavy atom. The first-order valence-corrected chi connectivity index (χ1v) is 5.87. The van der Waals surface area contributed by atoms with E-state index in [0.29, 0.717) is 6.42 Å². The van der Waals surface area contributed by atoms with E-state index in [0.717, 1.165) is 38.6 Å². The molecule has 0 aromatic rings. The molecule has 1 saturated heterocycles. The Hall–Kier alpha value is -0.610. The summed E-state index contributed by atoms with van der Waals surface area (Å²) in [5.41, 5.74) is 5.70. The fraction of sp³-hybridized carbons (Fsp3) is 0.909. The van der Waals surface area contributed by atoms with Crippen molar-refractivity contribution in [3.8, 4) is 0 Å². The minimum absolute atomic E-state index is 0.0462. The molecule has 1 unspecified atom stereocenters. The van der Waals surface area contributed by atoms with Crippen LogP contribution in [0.25, 0.3) is 0 Å². The van der Waals surface area contributed by atoms with Gasteiger partial charge in [-0.15, -0.1) is 0 Å². The summed E-state index contributed by atoms with van der Waals surface area (Å²) < 4.78 is 5.51. The first kappa shape index (κ1) is 10.9. The van der Waals surface area contributed by atoms with Crippen LogP contribution < -0.4 is 5.73 Å². The van der Waals surface area contributed by atoms with E-state index in [1.807, 2.05) is 4.90 Å². The van der Waals surface area contributed by atoms with Gasteiger partial charge in [0, 0.05) is 38.8 Å². The maximum Gasteiger partial charge on any atom is 0.224 e. The number of nitrogens with two attached hydrogens (primary N) is 1. The average molecular weight is 212 g/mol. The predicted octanol–water partition coefficient (Wildman–Crippen LogP) is 0.363. The lowest BCUT2D eigenvalue weighted by atomic mass is 10.3. The van der Waals surface area contributed by atoms with Gasteiger partial charge >= 0.3 is 0 Å². The highest BCUT2D eigenvalue weighted by Gasteiger charge is 2.26. The van der Waals surface area contributed by atoms with Crippen LogP contribution in [0.1, 0.15) is 25.7 Å². The monoisotopic (exact) mass is 212 g/mol. The number of amides is 1. The number of hydrogen-bond acceptors (Lipinski definition) is 3. The maximum absolute atomic E-state index is 11.4. The topological polar surface area (TPSA) is 55.6 Å². The first-order valence-electron chi connectivity index (χ1n) is 5.87. The minimum atomic E-state index is 0.0462. The van der Waals surface area contributed by atoms with Crippen LogP contribution in [0.15, 0.2) is 0 Å². The van der Waals surface area contributed by atoms with Gasteiger partial charge in [-0.05, 0) is 25.2 Å². The van der Waals surface area contributed by atoms with Crippen LogP contribution in [0.5, 0.6) is 0 Å². The highest BCUT2D eigenvalue weighted by molar-refractivity contribution is 5.79. The molecule has 86 valence electrons. The fourth-order valence-corrected chi connectivity index (χ4v) is 1.91. The van der Waals surface area contributed by atoms with E-state index in [2.05, 4.69) is 0 Å². The summed E-state index contributed by atoms with van der Waals surface area (Å²) >= 11 is 0. The summed E-state index contributed by atoms with van der Waals surface area (Å²) in [6.07, 6.45) is 4.12. The van der Waals surface area contributed by atoms with Crippen molar-refractivity contribution < 1.29 is 9.53 Å². The molecule has 0 bridgehead atoms. The number of hydrogen-bond donors (Lipinski definition) is 1. The number of carbonyl (C=O) groups is 1. The Labute approximate surface area is 90.8 Å². The van der Waals surface area contributed by atoms with Crippen molar-refractivity contribution in [2.24, 2.45) is 11.7 Å². The summed E-state index contributed by atoms with van der Waals surface area (Å²) in [5, 5.41) is 0. The zero-order valence-corrected chi connectivity index (χ0v) is 9.15. The van der Waals surface area contributed by atoms with Crippen LogP contribution in [0.4, 0.5) is 0 Å². The number of likely N-dealkylation sites (tertiary alicyclic amines) is 1. The van der Waals surface area contributed by atoms with Gasteiger partial charge in [0.1, 0.15) is 0 Å². The van der Waals surface area contributed by atoms with E-state index in [1.165, 1.54) is 12.8 Å². The van der Waals surface area contributed by atoms with Crippen molar-refractivity contribution in [2.45, 2.75) is 31.7 Å². The third-order valence-corrected chi connectivity index (χ3v) is 3.01. The quantitative estimate of drug-likeness (QED) is 0.647. The van der Waals surface area contributed by atoms with Crippen molar-refractivity contribution in [3.63, 3.8) is 0 Å². The summed E-state index contributed by atoms with van der Waals surface area (Å²) in [5.74, 6) is 1.02. The lowest BCUT2D eigenvalue weighted by Crippen LogP contribution is -2.29. The van der Waals surface area contributed by atoms with Gasteiger partial charge in [0.2, 0.25) is 5.91 Å². The van der Waals surface area contributed by atoms with Crippen LogP contribution in [0, 0.1) is 5.92 Å². The standard InChI is InChI=1S/C11H20N2O2/c12-10-6-11(14)13(7-10)4-1-5-15-8-9-2-3-9/h9-10H,1-8,12H2. The van der Waals surface area contributed by atoms with Crippen LogP contribution >= 0.6 is 0 Å². The van der Waals surface area contributed by atoms with Gasteiger partial charge in [0.25, 0.3) is 0 Å². The summed E-state index contributed by atoms with van der Waals surface area (Å²) in [6.45, 7) is 3.21. The molecule has 0 radical (unpaired) electrons. The van der Waals surface area contributed by atoms with Gasteiger partial charge < -0.3 is 15.4 Å². The fourth-order valence-electron chi connectivity index (χ4n) is 1.91. The van der Waals surface area contributed by atoms with E-state index in [4.69, 9.17) is 10.5 Å². The van der Waals surface area contributed by atoms with Crippen molar-refractivity contribution in [1.82, 2.24) is 4.90 Å². The Morgan fingerprint density at radius 2 is 2.27 bits per heavy atom. The van der Waals surface area contributed by atoms with Crippen molar-refractivity contribution in [1.29, 1.82) is 0 Å². The van der Waals surface area contributed by atoms with Crippen molar-refractivity contribution in [3.05, 3.63) is 0 Å². The van der Waals surface area contributed by atoms with Crippen molar-refractivity contribution >= 4 is 5.91 Å². The maximum atomic E-state index is 11.4. The second-order valence-electron chi connectivity index (χ2n) is 4.68. The number of nitrogens with zero attached hydrogens (tertiary/aromatic N) is 1. The van der Waals surface area contributed by atoms with E-state index in [9.17, 15) is 4.79 Å². The number of ether oxygens (including phenoxy) is 1. The largest absolute Gasteiger partial charge is 0.381 e. The molecule has 0 aromatic heterocycles. The Morgan fingerprint density at radius 1 is 1.47 bits per heavy atom. The van der Waals surface area contributed by atoms with Crippen LogP contribution in [-0.4, -0.2) is 43.2 Å². The molecule has 2 aliphatic rings. The SMILES string of the molecule is NC1CC(=O)N(CCCOCC2CC2)C1. The smallest absolute Gasteiger partial charge is 0.224 e. The molecule has 1 atom stereocenters. The lowest BCUT2D eigenvalue weighted by molar-refractivity contribution is -0.127. The molecule has 0 spiro atoms. The molecular weight excluding hydrogens is 192 g/mol. The van der Waals surface area contributed by atoms with Gasteiger partial charge in [0.15, 0.2) is 0 Å². The van der Waals surface area contributed by atoms with Gasteiger partial charge in [-0.3, -0.25) is 4.79 Å². The molecule has 2 fully saturated rings. The zero-order valence-electron chi connectivity index (χ0n) is 9.15. The Balaban J connectivity index is 1.51. The molecule has 1 amide bonds. The van der Waals surface area contributed by atoms with Crippen LogP contribution in [0.2, 0.25) is 0 Å². The first-order chi connectivity index (χ1) is 7.25.